The Kier molecular flexibility index (Phi) is 4.68. The van der Waals surface area contributed by atoms with Crippen LogP contribution >= 0.6 is 15.9 Å². The van der Waals surface area contributed by atoms with Gasteiger partial charge < -0.3 is 0 Å². The number of benzene rings is 1. The van der Waals surface area contributed by atoms with E-state index in [1.807, 2.05) is 0 Å². The van der Waals surface area contributed by atoms with Crippen LogP contribution in [-0.4, -0.2) is 5.78 Å². The van der Waals surface area contributed by atoms with Gasteiger partial charge in [0.1, 0.15) is 5.78 Å². The summed E-state index contributed by atoms with van der Waals surface area (Å²) in [5.41, 5.74) is -0.896. The second-order valence-corrected chi connectivity index (χ2v) is 4.38. The molecule has 0 aromatic heterocycles. The zero-order valence-electron chi connectivity index (χ0n) is 8.76. The van der Waals surface area contributed by atoms with E-state index in [-0.39, 0.29) is 11.1 Å². The van der Waals surface area contributed by atoms with Gasteiger partial charge in [-0.2, -0.15) is 0 Å². The third-order valence-corrected chi connectivity index (χ3v) is 3.37. The van der Waals surface area contributed by atoms with Gasteiger partial charge in [0.25, 0.3) is 12.9 Å². The van der Waals surface area contributed by atoms with Gasteiger partial charge in [-0.05, 0) is 18.6 Å². The van der Waals surface area contributed by atoms with Crippen LogP contribution in [0.2, 0.25) is 0 Å². The molecule has 0 spiro atoms. The third-order valence-electron chi connectivity index (χ3n) is 2.23. The summed E-state index contributed by atoms with van der Waals surface area (Å²) < 4.78 is 50.2. The minimum atomic E-state index is -2.81. The van der Waals surface area contributed by atoms with E-state index >= 15 is 0 Å². The van der Waals surface area contributed by atoms with Crippen molar-refractivity contribution < 1.29 is 22.4 Å². The van der Waals surface area contributed by atoms with E-state index in [2.05, 4.69) is 15.9 Å². The molecule has 6 heteroatoms. The number of Topliss-reactive ketones (excluding diaryl/α,β-unsaturated/α-hetero) is 1. The molecule has 0 bridgehead atoms. The molecule has 1 atom stereocenters. The first-order chi connectivity index (χ1) is 7.84. The minimum Gasteiger partial charge on any atom is -0.298 e. The topological polar surface area (TPSA) is 17.1 Å². The molecule has 0 amide bonds. The normalized spacial score (nSPS) is 13.2. The Labute approximate surface area is 104 Å². The molecule has 1 nitrogen and oxygen atoms in total. The van der Waals surface area contributed by atoms with E-state index in [9.17, 15) is 22.4 Å². The van der Waals surface area contributed by atoms with Crippen LogP contribution in [0.25, 0.3) is 0 Å². The van der Waals surface area contributed by atoms with E-state index in [0.717, 1.165) is 18.2 Å². The number of alkyl halides is 5. The van der Waals surface area contributed by atoms with E-state index in [1.54, 1.807) is 0 Å². The van der Waals surface area contributed by atoms with Gasteiger partial charge in [-0.1, -0.05) is 28.1 Å². The molecule has 0 N–H and O–H groups in total. The van der Waals surface area contributed by atoms with Gasteiger partial charge in [0.2, 0.25) is 0 Å². The zero-order chi connectivity index (χ0) is 13.2. The number of rotatable bonds is 4. The van der Waals surface area contributed by atoms with Crippen molar-refractivity contribution in [3.8, 4) is 0 Å². The summed E-state index contributed by atoms with van der Waals surface area (Å²) in [7, 11) is 0. The Morgan fingerprint density at radius 2 is 1.71 bits per heavy atom. The Balaban J connectivity index is 3.30. The Morgan fingerprint density at radius 3 is 2.12 bits per heavy atom. The second kappa shape index (κ2) is 5.62. The molecule has 0 saturated heterocycles. The average molecular weight is 313 g/mol. The first-order valence-electron chi connectivity index (χ1n) is 4.69. The molecule has 0 radical (unpaired) electrons. The first kappa shape index (κ1) is 14.2. The van der Waals surface area contributed by atoms with Gasteiger partial charge in [0.05, 0.1) is 4.83 Å². The van der Waals surface area contributed by atoms with Crippen LogP contribution in [0, 0.1) is 0 Å². The lowest BCUT2D eigenvalue weighted by Crippen LogP contribution is -2.06. The molecule has 1 aromatic rings. The monoisotopic (exact) mass is 312 g/mol. The maximum atomic E-state index is 12.7. The lowest BCUT2D eigenvalue weighted by molar-refractivity contribution is -0.116. The van der Waals surface area contributed by atoms with Gasteiger partial charge in [-0.25, -0.2) is 17.6 Å². The highest BCUT2D eigenvalue weighted by Crippen LogP contribution is 2.35. The smallest absolute Gasteiger partial charge is 0.264 e. The van der Waals surface area contributed by atoms with Crippen LogP contribution in [-0.2, 0) is 4.79 Å². The number of hydrogen-bond donors (Lipinski definition) is 0. The molecular formula is C11H9BrF4O. The summed E-state index contributed by atoms with van der Waals surface area (Å²) in [6, 6.07) is 2.81. The highest BCUT2D eigenvalue weighted by atomic mass is 79.9. The first-order valence-corrected chi connectivity index (χ1v) is 5.60. The van der Waals surface area contributed by atoms with Crippen molar-refractivity contribution in [1.82, 2.24) is 0 Å². The summed E-state index contributed by atoms with van der Waals surface area (Å²) in [5, 5.41) is 0. The molecule has 0 fully saturated rings. The van der Waals surface area contributed by atoms with Crippen molar-refractivity contribution in [1.29, 1.82) is 0 Å². The van der Waals surface area contributed by atoms with Crippen LogP contribution in [0.4, 0.5) is 17.6 Å². The third kappa shape index (κ3) is 3.28. The highest BCUT2D eigenvalue weighted by molar-refractivity contribution is 9.09. The van der Waals surface area contributed by atoms with Crippen LogP contribution in [0.5, 0.6) is 0 Å². The molecule has 0 saturated carbocycles. The average Bonchev–Trinajstić information content (AvgIpc) is 2.26. The number of carbonyl (C=O) groups excluding carboxylic acids is 1. The van der Waals surface area contributed by atoms with Gasteiger partial charge >= 0.3 is 0 Å². The predicted octanol–water partition coefficient (Wildman–Crippen LogP) is 4.59. The van der Waals surface area contributed by atoms with E-state index in [0.29, 0.717) is 0 Å². The van der Waals surface area contributed by atoms with Gasteiger partial charge in [-0.15, -0.1) is 0 Å². The zero-order valence-corrected chi connectivity index (χ0v) is 10.3. The summed E-state index contributed by atoms with van der Waals surface area (Å²) in [6.07, 6.45) is -5.57. The van der Waals surface area contributed by atoms with Crippen LogP contribution in [0.15, 0.2) is 18.2 Å². The standard InChI is InChI=1S/C11H9BrF4O/c1-5(17)9(12)8-4-6(10(13)14)2-3-7(8)11(15)16/h2-4,9-11H,1H3. The van der Waals surface area contributed by atoms with Crippen LogP contribution < -0.4 is 0 Å². The molecule has 17 heavy (non-hydrogen) atoms. The molecule has 94 valence electrons. The predicted molar refractivity (Wildman–Crippen MR) is 58.7 cm³/mol. The highest BCUT2D eigenvalue weighted by Gasteiger charge is 2.23. The molecule has 0 heterocycles. The van der Waals surface area contributed by atoms with Gasteiger partial charge in [0.15, 0.2) is 0 Å². The van der Waals surface area contributed by atoms with Crippen molar-refractivity contribution in [3.63, 3.8) is 0 Å². The van der Waals surface area contributed by atoms with Gasteiger partial charge in [0, 0.05) is 11.1 Å². The van der Waals surface area contributed by atoms with Crippen molar-refractivity contribution in [2.24, 2.45) is 0 Å². The molecule has 0 aliphatic rings. The fourth-order valence-electron chi connectivity index (χ4n) is 1.37. The summed E-state index contributed by atoms with van der Waals surface area (Å²) in [5.74, 6) is -0.418. The molecular weight excluding hydrogens is 304 g/mol. The van der Waals surface area contributed by atoms with E-state index in [4.69, 9.17) is 0 Å². The largest absolute Gasteiger partial charge is 0.298 e. The maximum Gasteiger partial charge on any atom is 0.264 e. The lowest BCUT2D eigenvalue weighted by Gasteiger charge is -2.14. The molecule has 1 aromatic carbocycles. The molecule has 0 aliphatic heterocycles. The Hall–Kier alpha value is -0.910. The number of carbonyl (C=O) groups is 1. The van der Waals surface area contributed by atoms with E-state index < -0.39 is 29.0 Å². The van der Waals surface area contributed by atoms with Crippen LogP contribution in [0.3, 0.4) is 0 Å². The molecule has 1 rings (SSSR count). The Morgan fingerprint density at radius 1 is 1.12 bits per heavy atom. The fourth-order valence-corrected chi connectivity index (χ4v) is 1.76. The SMILES string of the molecule is CC(=O)C(Br)c1cc(C(F)F)ccc1C(F)F. The fraction of sp³-hybridized carbons (Fsp3) is 0.364. The van der Waals surface area contributed by atoms with Crippen LogP contribution in [0.1, 0.15) is 41.3 Å². The van der Waals surface area contributed by atoms with E-state index in [1.165, 1.54) is 6.92 Å². The lowest BCUT2D eigenvalue weighted by atomic mass is 10.00. The van der Waals surface area contributed by atoms with Crippen molar-refractivity contribution >= 4 is 21.7 Å². The quantitative estimate of drug-likeness (QED) is 0.587. The van der Waals surface area contributed by atoms with Gasteiger partial charge in [-0.3, -0.25) is 4.79 Å². The summed E-state index contributed by atoms with van der Waals surface area (Å²) in [4.78, 5) is 10.1. The summed E-state index contributed by atoms with van der Waals surface area (Å²) in [6.45, 7) is 1.20. The number of ketones is 1. The summed E-state index contributed by atoms with van der Waals surface area (Å²) >= 11 is 2.92. The second-order valence-electron chi connectivity index (χ2n) is 3.46. The Bertz CT molecular complexity index is 420. The van der Waals surface area contributed by atoms with Crippen molar-refractivity contribution in [2.45, 2.75) is 24.6 Å². The van der Waals surface area contributed by atoms with Crippen molar-refractivity contribution in [2.75, 3.05) is 0 Å². The van der Waals surface area contributed by atoms with Crippen molar-refractivity contribution in [3.05, 3.63) is 34.9 Å². The maximum absolute atomic E-state index is 12.7. The number of halogens is 5. The molecule has 0 aliphatic carbocycles. The molecule has 1 unspecified atom stereocenters. The minimum absolute atomic E-state index is 0.106. The number of hydrogen-bond acceptors (Lipinski definition) is 1.